The van der Waals surface area contributed by atoms with Crippen molar-refractivity contribution in [1.82, 2.24) is 5.32 Å². The maximum Gasteiger partial charge on any atom is 0.416 e. The Bertz CT molecular complexity index is 1230. The summed E-state index contributed by atoms with van der Waals surface area (Å²) in [4.78, 5) is 14.4. The van der Waals surface area contributed by atoms with Crippen molar-refractivity contribution in [3.05, 3.63) is 59.2 Å². The van der Waals surface area contributed by atoms with Crippen LogP contribution in [0.3, 0.4) is 0 Å². The summed E-state index contributed by atoms with van der Waals surface area (Å²) in [5.41, 5.74) is 5.28. The second-order valence-electron chi connectivity index (χ2n) is 8.79. The normalized spacial score (nSPS) is 16.5. The van der Waals surface area contributed by atoms with E-state index in [1.165, 1.54) is 23.1 Å². The number of benzene rings is 2. The molecule has 1 fully saturated rings. The van der Waals surface area contributed by atoms with Gasteiger partial charge in [-0.2, -0.15) is 34.8 Å². The van der Waals surface area contributed by atoms with Crippen LogP contribution in [-0.4, -0.2) is 43.9 Å². The molecule has 7 nitrogen and oxygen atoms in total. The molecule has 0 radical (unpaired) electrons. The summed E-state index contributed by atoms with van der Waals surface area (Å²) in [5, 5.41) is 2.46. The highest BCUT2D eigenvalue weighted by Crippen LogP contribution is 2.38. The van der Waals surface area contributed by atoms with Gasteiger partial charge < -0.3 is 16.0 Å². The van der Waals surface area contributed by atoms with E-state index in [-0.39, 0.29) is 55.0 Å². The third kappa shape index (κ3) is 7.51. The molecular formula is C23H25F6N3O4S. The van der Waals surface area contributed by atoms with E-state index in [1.54, 1.807) is 6.07 Å². The molecule has 0 saturated carbocycles. The van der Waals surface area contributed by atoms with E-state index in [0.29, 0.717) is 0 Å². The Morgan fingerprint density at radius 2 is 1.70 bits per heavy atom. The third-order valence-electron chi connectivity index (χ3n) is 6.23. The molecule has 0 bridgehead atoms. The van der Waals surface area contributed by atoms with Crippen molar-refractivity contribution in [2.75, 3.05) is 29.5 Å². The summed E-state index contributed by atoms with van der Waals surface area (Å²) in [6, 6.07) is 8.62. The van der Waals surface area contributed by atoms with Gasteiger partial charge in [0.05, 0.1) is 23.2 Å². The van der Waals surface area contributed by atoms with E-state index in [2.05, 4.69) is 5.32 Å². The number of nitrogens with zero attached hydrogens (tertiary/aromatic N) is 1. The minimum atomic E-state index is -4.70. The van der Waals surface area contributed by atoms with E-state index < -0.39 is 51.5 Å². The molecule has 0 aliphatic carbocycles. The van der Waals surface area contributed by atoms with Gasteiger partial charge in [0.2, 0.25) is 5.91 Å². The molecule has 1 atom stereocenters. The molecule has 1 heterocycles. The van der Waals surface area contributed by atoms with Crippen LogP contribution in [0.2, 0.25) is 0 Å². The number of para-hydroxylation sites is 1. The van der Waals surface area contributed by atoms with Crippen molar-refractivity contribution in [3.63, 3.8) is 0 Å². The van der Waals surface area contributed by atoms with Crippen LogP contribution in [0.15, 0.2) is 42.5 Å². The number of rotatable bonds is 7. The molecule has 0 spiro atoms. The minimum absolute atomic E-state index is 0.0151. The number of piperidine rings is 1. The molecule has 1 aliphatic rings. The van der Waals surface area contributed by atoms with Crippen LogP contribution in [-0.2, 0) is 27.6 Å². The van der Waals surface area contributed by atoms with Crippen LogP contribution < -0.4 is 16.0 Å². The number of amides is 1. The lowest BCUT2D eigenvalue weighted by Gasteiger charge is -2.36. The first-order chi connectivity index (χ1) is 17.1. The van der Waals surface area contributed by atoms with Gasteiger partial charge in [-0.15, -0.1) is 0 Å². The Labute approximate surface area is 209 Å². The molecule has 1 saturated heterocycles. The number of nitrogen functional groups attached to an aromatic ring is 1. The van der Waals surface area contributed by atoms with Crippen LogP contribution in [0, 0.1) is 5.92 Å². The smallest absolute Gasteiger partial charge is 0.398 e. The van der Waals surface area contributed by atoms with E-state index >= 15 is 0 Å². The van der Waals surface area contributed by atoms with Gasteiger partial charge in [0.1, 0.15) is 0 Å². The number of nitrogens with two attached hydrogens (primary N) is 1. The lowest BCUT2D eigenvalue weighted by molar-refractivity contribution is -0.179. The van der Waals surface area contributed by atoms with E-state index in [9.17, 15) is 44.1 Å². The topological polar surface area (TPSA) is 113 Å². The molecule has 14 heteroatoms. The van der Waals surface area contributed by atoms with Gasteiger partial charge in [0, 0.05) is 31.0 Å². The lowest BCUT2D eigenvalue weighted by Crippen LogP contribution is -2.40. The first-order valence-corrected chi connectivity index (χ1v) is 12.8. The monoisotopic (exact) mass is 553 g/mol. The number of hydrogen-bond acceptors (Lipinski definition) is 5. The van der Waals surface area contributed by atoms with Crippen molar-refractivity contribution in [2.45, 2.75) is 37.7 Å². The zero-order chi connectivity index (χ0) is 27.6. The standard InChI is InChI=1S/C23H25F6N3O4S/c24-22(25,26)15-7-9-32(10-8-15)20-11-16(23(27,28)29)6-5-14(20)12-31-21(33)18(13-37(34,35)36)17-3-1-2-4-19(17)30/h1-6,11,15,18H,7-10,12-13,30H2,(H,31,33)(H,34,35,36). The largest absolute Gasteiger partial charge is 0.416 e. The van der Waals surface area contributed by atoms with E-state index in [1.807, 2.05) is 0 Å². The van der Waals surface area contributed by atoms with Crippen molar-refractivity contribution in [2.24, 2.45) is 5.92 Å². The average molecular weight is 554 g/mol. The maximum absolute atomic E-state index is 13.4. The van der Waals surface area contributed by atoms with Crippen LogP contribution in [0.1, 0.15) is 35.4 Å². The van der Waals surface area contributed by atoms with Gasteiger partial charge in [-0.3, -0.25) is 9.35 Å². The number of carbonyl (C=O) groups excluding carboxylic acids is 1. The van der Waals surface area contributed by atoms with E-state index in [4.69, 9.17) is 5.73 Å². The molecule has 37 heavy (non-hydrogen) atoms. The summed E-state index contributed by atoms with van der Waals surface area (Å²) >= 11 is 0. The summed E-state index contributed by atoms with van der Waals surface area (Å²) < 4.78 is 112. The van der Waals surface area contributed by atoms with Crippen molar-refractivity contribution in [3.8, 4) is 0 Å². The molecule has 2 aromatic carbocycles. The molecular weight excluding hydrogens is 528 g/mol. The van der Waals surface area contributed by atoms with Gasteiger partial charge in [-0.1, -0.05) is 24.3 Å². The Morgan fingerprint density at radius 1 is 1.08 bits per heavy atom. The predicted molar refractivity (Wildman–Crippen MR) is 124 cm³/mol. The molecule has 1 aliphatic heterocycles. The van der Waals surface area contributed by atoms with Crippen molar-refractivity contribution < 1.29 is 44.1 Å². The van der Waals surface area contributed by atoms with Gasteiger partial charge in [0.25, 0.3) is 10.1 Å². The fraction of sp³-hybridized carbons (Fsp3) is 0.435. The number of anilines is 2. The summed E-state index contributed by atoms with van der Waals surface area (Å²) in [7, 11) is -4.62. The van der Waals surface area contributed by atoms with Gasteiger partial charge in [-0.05, 0) is 42.2 Å². The van der Waals surface area contributed by atoms with Gasteiger partial charge >= 0.3 is 12.4 Å². The molecule has 204 valence electrons. The Balaban J connectivity index is 1.86. The van der Waals surface area contributed by atoms with E-state index in [0.717, 1.165) is 18.2 Å². The van der Waals surface area contributed by atoms with Gasteiger partial charge in [0.15, 0.2) is 0 Å². The first-order valence-electron chi connectivity index (χ1n) is 11.2. The SMILES string of the molecule is Nc1ccccc1C(CS(=O)(=O)O)C(=O)NCc1ccc(C(F)(F)F)cc1N1CCC(C(F)(F)F)CC1. The number of nitrogens with one attached hydrogen (secondary N) is 1. The highest BCUT2D eigenvalue weighted by Gasteiger charge is 2.41. The number of halogens is 6. The maximum atomic E-state index is 13.4. The minimum Gasteiger partial charge on any atom is -0.398 e. The highest BCUT2D eigenvalue weighted by molar-refractivity contribution is 7.85. The van der Waals surface area contributed by atoms with Crippen molar-refractivity contribution in [1.29, 1.82) is 0 Å². The summed E-state index contributed by atoms with van der Waals surface area (Å²) in [5.74, 6) is -4.83. The van der Waals surface area contributed by atoms with Crippen LogP contribution >= 0.6 is 0 Å². The fourth-order valence-corrected chi connectivity index (χ4v) is 5.04. The van der Waals surface area contributed by atoms with Gasteiger partial charge in [-0.25, -0.2) is 0 Å². The summed E-state index contributed by atoms with van der Waals surface area (Å²) in [6.45, 7) is -0.628. The zero-order valence-electron chi connectivity index (χ0n) is 19.3. The molecule has 1 unspecified atom stereocenters. The third-order valence-corrected chi connectivity index (χ3v) is 6.98. The number of carbonyl (C=O) groups is 1. The molecule has 3 rings (SSSR count). The fourth-order valence-electron chi connectivity index (χ4n) is 4.28. The second kappa shape index (κ2) is 10.8. The first kappa shape index (κ1) is 28.6. The highest BCUT2D eigenvalue weighted by atomic mass is 32.2. The Hall–Kier alpha value is -3.00. The number of alkyl halides is 6. The second-order valence-corrected chi connectivity index (χ2v) is 10.3. The quantitative estimate of drug-likeness (QED) is 0.267. The molecule has 2 aromatic rings. The van der Waals surface area contributed by atoms with Crippen molar-refractivity contribution >= 4 is 27.4 Å². The zero-order valence-corrected chi connectivity index (χ0v) is 20.1. The van der Waals surface area contributed by atoms with Crippen LogP contribution in [0.4, 0.5) is 37.7 Å². The molecule has 4 N–H and O–H groups in total. The molecule has 0 aromatic heterocycles. The van der Waals surface area contributed by atoms with Crippen LogP contribution in [0.25, 0.3) is 0 Å². The Kier molecular flexibility index (Phi) is 8.32. The lowest BCUT2D eigenvalue weighted by atomic mass is 9.95. The molecule has 1 amide bonds. The Morgan fingerprint density at radius 3 is 2.24 bits per heavy atom. The van der Waals surface area contributed by atoms with Crippen LogP contribution in [0.5, 0.6) is 0 Å². The predicted octanol–water partition coefficient (Wildman–Crippen LogP) is 4.35. The number of hydrogen-bond donors (Lipinski definition) is 3. The average Bonchev–Trinajstić information content (AvgIpc) is 2.80. The summed E-state index contributed by atoms with van der Waals surface area (Å²) in [6.07, 6.45) is -9.70.